The SMILES string of the molecule is CCCC(CCC)c1ccc(C(=O)C(C)C)cc1. The van der Waals surface area contributed by atoms with Gasteiger partial charge in [-0.05, 0) is 24.3 Å². The van der Waals surface area contributed by atoms with E-state index in [0.29, 0.717) is 5.92 Å². The van der Waals surface area contributed by atoms with Crippen molar-refractivity contribution in [1.82, 2.24) is 0 Å². The normalized spacial score (nSPS) is 11.2. The first-order valence-corrected chi connectivity index (χ1v) is 7.24. The van der Waals surface area contributed by atoms with Crippen molar-refractivity contribution in [2.45, 2.75) is 59.3 Å². The van der Waals surface area contributed by atoms with Crippen LogP contribution >= 0.6 is 0 Å². The standard InChI is InChI=1S/C17H26O/c1-5-7-14(8-6-2)15-9-11-16(12-10-15)17(18)13(3)4/h9-14H,5-8H2,1-4H3. The van der Waals surface area contributed by atoms with Gasteiger partial charge in [-0.2, -0.15) is 0 Å². The maximum absolute atomic E-state index is 11.9. The van der Waals surface area contributed by atoms with Crippen molar-refractivity contribution in [3.8, 4) is 0 Å². The average molecular weight is 246 g/mol. The van der Waals surface area contributed by atoms with E-state index >= 15 is 0 Å². The van der Waals surface area contributed by atoms with Crippen LogP contribution in [0.5, 0.6) is 0 Å². The lowest BCUT2D eigenvalue weighted by Crippen LogP contribution is -2.07. The third-order valence-electron chi connectivity index (χ3n) is 3.47. The Morgan fingerprint density at radius 1 is 1.00 bits per heavy atom. The molecule has 0 aliphatic rings. The molecule has 0 saturated heterocycles. The highest BCUT2D eigenvalue weighted by Crippen LogP contribution is 2.26. The van der Waals surface area contributed by atoms with Crippen LogP contribution in [-0.2, 0) is 0 Å². The lowest BCUT2D eigenvalue weighted by Gasteiger charge is -2.16. The molecule has 0 N–H and O–H groups in total. The molecule has 0 fully saturated rings. The summed E-state index contributed by atoms with van der Waals surface area (Å²) in [5.74, 6) is 0.977. The molecule has 0 atom stereocenters. The monoisotopic (exact) mass is 246 g/mol. The van der Waals surface area contributed by atoms with Gasteiger partial charge in [0.25, 0.3) is 0 Å². The molecular weight excluding hydrogens is 220 g/mol. The van der Waals surface area contributed by atoms with Crippen LogP contribution in [0.4, 0.5) is 0 Å². The van der Waals surface area contributed by atoms with E-state index in [1.54, 1.807) is 0 Å². The van der Waals surface area contributed by atoms with E-state index < -0.39 is 0 Å². The summed E-state index contributed by atoms with van der Waals surface area (Å²) in [6.07, 6.45) is 4.92. The molecule has 0 spiro atoms. The number of carbonyl (C=O) groups excluding carboxylic acids is 1. The summed E-state index contributed by atoms with van der Waals surface area (Å²) in [7, 11) is 0. The lowest BCUT2D eigenvalue weighted by atomic mass is 9.89. The van der Waals surface area contributed by atoms with Crippen LogP contribution in [0.3, 0.4) is 0 Å². The van der Waals surface area contributed by atoms with Gasteiger partial charge in [0, 0.05) is 11.5 Å². The zero-order chi connectivity index (χ0) is 13.5. The van der Waals surface area contributed by atoms with Gasteiger partial charge in [0.05, 0.1) is 0 Å². The van der Waals surface area contributed by atoms with Crippen LogP contribution in [0.15, 0.2) is 24.3 Å². The number of rotatable bonds is 7. The zero-order valence-corrected chi connectivity index (χ0v) is 12.2. The molecule has 1 aromatic rings. The molecule has 0 aliphatic carbocycles. The minimum absolute atomic E-state index is 0.0814. The third-order valence-corrected chi connectivity index (χ3v) is 3.47. The van der Waals surface area contributed by atoms with Gasteiger partial charge in [0.15, 0.2) is 5.78 Å². The molecule has 100 valence electrons. The summed E-state index contributed by atoms with van der Waals surface area (Å²) in [4.78, 5) is 11.9. The van der Waals surface area contributed by atoms with Crippen molar-refractivity contribution in [3.05, 3.63) is 35.4 Å². The molecule has 1 nitrogen and oxygen atoms in total. The Labute approximate surface area is 112 Å². The van der Waals surface area contributed by atoms with Gasteiger partial charge in [-0.1, -0.05) is 64.8 Å². The van der Waals surface area contributed by atoms with Crippen molar-refractivity contribution >= 4 is 5.78 Å². The zero-order valence-electron chi connectivity index (χ0n) is 12.2. The molecule has 0 bridgehead atoms. The van der Waals surface area contributed by atoms with Crippen molar-refractivity contribution in [1.29, 1.82) is 0 Å². The number of Topliss-reactive ketones (excluding diaryl/α,β-unsaturated/α-hetero) is 1. The molecular formula is C17H26O. The molecule has 1 rings (SSSR count). The predicted octanol–water partition coefficient (Wildman–Crippen LogP) is 5.21. The number of carbonyl (C=O) groups is 1. The first kappa shape index (κ1) is 14.9. The van der Waals surface area contributed by atoms with E-state index in [9.17, 15) is 4.79 Å². The highest BCUT2D eigenvalue weighted by atomic mass is 16.1. The van der Waals surface area contributed by atoms with Crippen molar-refractivity contribution in [3.63, 3.8) is 0 Å². The number of ketones is 1. The topological polar surface area (TPSA) is 17.1 Å². The summed E-state index contributed by atoms with van der Waals surface area (Å²) in [6, 6.07) is 8.28. The molecule has 0 radical (unpaired) electrons. The molecule has 0 unspecified atom stereocenters. The lowest BCUT2D eigenvalue weighted by molar-refractivity contribution is 0.0939. The van der Waals surface area contributed by atoms with Crippen molar-refractivity contribution < 1.29 is 4.79 Å². The van der Waals surface area contributed by atoms with Crippen molar-refractivity contribution in [2.24, 2.45) is 5.92 Å². The molecule has 1 heteroatoms. The fourth-order valence-electron chi connectivity index (χ4n) is 2.43. The Kier molecular flexibility index (Phi) is 6.11. The minimum atomic E-state index is 0.0814. The van der Waals surface area contributed by atoms with E-state index in [-0.39, 0.29) is 11.7 Å². The highest BCUT2D eigenvalue weighted by Gasteiger charge is 2.13. The van der Waals surface area contributed by atoms with Gasteiger partial charge >= 0.3 is 0 Å². The molecule has 0 amide bonds. The fourth-order valence-corrected chi connectivity index (χ4v) is 2.43. The highest BCUT2D eigenvalue weighted by molar-refractivity contribution is 5.97. The van der Waals surface area contributed by atoms with E-state index in [2.05, 4.69) is 26.0 Å². The van der Waals surface area contributed by atoms with Crippen LogP contribution in [0.2, 0.25) is 0 Å². The minimum Gasteiger partial charge on any atom is -0.294 e. The van der Waals surface area contributed by atoms with Crippen LogP contribution < -0.4 is 0 Å². The molecule has 0 aliphatic heterocycles. The van der Waals surface area contributed by atoms with Gasteiger partial charge in [0.1, 0.15) is 0 Å². The summed E-state index contributed by atoms with van der Waals surface area (Å²) >= 11 is 0. The fraction of sp³-hybridized carbons (Fsp3) is 0.588. The Bertz CT molecular complexity index is 356. The maximum Gasteiger partial charge on any atom is 0.165 e. The molecule has 0 heterocycles. The van der Waals surface area contributed by atoms with Crippen LogP contribution in [-0.4, -0.2) is 5.78 Å². The molecule has 0 aromatic heterocycles. The van der Waals surface area contributed by atoms with Gasteiger partial charge < -0.3 is 0 Å². The predicted molar refractivity (Wildman–Crippen MR) is 78.2 cm³/mol. The second-order valence-electron chi connectivity index (χ2n) is 5.42. The van der Waals surface area contributed by atoms with E-state index in [0.717, 1.165) is 5.56 Å². The second-order valence-corrected chi connectivity index (χ2v) is 5.42. The number of benzene rings is 1. The Balaban J connectivity index is 2.83. The first-order valence-electron chi connectivity index (χ1n) is 7.24. The smallest absolute Gasteiger partial charge is 0.165 e. The Morgan fingerprint density at radius 3 is 1.89 bits per heavy atom. The van der Waals surface area contributed by atoms with Crippen molar-refractivity contribution in [2.75, 3.05) is 0 Å². The summed E-state index contributed by atoms with van der Waals surface area (Å²) in [5.41, 5.74) is 2.24. The average Bonchev–Trinajstić information content (AvgIpc) is 2.38. The molecule has 0 saturated carbocycles. The largest absolute Gasteiger partial charge is 0.294 e. The Morgan fingerprint density at radius 2 is 1.50 bits per heavy atom. The summed E-state index contributed by atoms with van der Waals surface area (Å²) in [5, 5.41) is 0. The molecule has 1 aromatic carbocycles. The number of hydrogen-bond donors (Lipinski definition) is 0. The van der Waals surface area contributed by atoms with Crippen LogP contribution in [0.25, 0.3) is 0 Å². The van der Waals surface area contributed by atoms with E-state index in [4.69, 9.17) is 0 Å². The summed E-state index contributed by atoms with van der Waals surface area (Å²) in [6.45, 7) is 8.37. The summed E-state index contributed by atoms with van der Waals surface area (Å²) < 4.78 is 0. The number of hydrogen-bond acceptors (Lipinski definition) is 1. The molecule has 18 heavy (non-hydrogen) atoms. The Hall–Kier alpha value is -1.11. The first-order chi connectivity index (χ1) is 8.60. The van der Waals surface area contributed by atoms with Crippen LogP contribution in [0.1, 0.15) is 75.2 Å². The third kappa shape index (κ3) is 3.97. The van der Waals surface area contributed by atoms with Crippen LogP contribution in [0, 0.1) is 5.92 Å². The van der Waals surface area contributed by atoms with Gasteiger partial charge in [-0.15, -0.1) is 0 Å². The van der Waals surface area contributed by atoms with Gasteiger partial charge in [-0.25, -0.2) is 0 Å². The van der Waals surface area contributed by atoms with E-state index in [1.807, 2.05) is 26.0 Å². The second kappa shape index (κ2) is 7.35. The maximum atomic E-state index is 11.9. The van der Waals surface area contributed by atoms with Gasteiger partial charge in [-0.3, -0.25) is 4.79 Å². The van der Waals surface area contributed by atoms with E-state index in [1.165, 1.54) is 31.2 Å². The quantitative estimate of drug-likeness (QED) is 0.604. The van der Waals surface area contributed by atoms with Gasteiger partial charge in [0.2, 0.25) is 0 Å².